The number of nitrogens with zero attached hydrogens (tertiary/aromatic N) is 5. The Morgan fingerprint density at radius 1 is 1.20 bits per heavy atom. The molecule has 1 aliphatic heterocycles. The van der Waals surface area contributed by atoms with Crippen molar-refractivity contribution in [3.8, 4) is 23.1 Å². The second kappa shape index (κ2) is 12.9. The number of likely N-dealkylation sites (N-methyl/N-ethyl adjacent to an activating group) is 2. The van der Waals surface area contributed by atoms with E-state index in [0.717, 1.165) is 29.8 Å². The molecule has 1 aromatic heterocycles. The summed E-state index contributed by atoms with van der Waals surface area (Å²) < 4.78 is 34.5. The van der Waals surface area contributed by atoms with Crippen LogP contribution in [0.2, 0.25) is 0 Å². The van der Waals surface area contributed by atoms with Gasteiger partial charge in [-0.2, -0.15) is 5.26 Å². The summed E-state index contributed by atoms with van der Waals surface area (Å²) in [6, 6.07) is 10.7. The number of aromatic nitrogens is 2. The van der Waals surface area contributed by atoms with Crippen molar-refractivity contribution in [2.75, 3.05) is 47.8 Å². The van der Waals surface area contributed by atoms with E-state index in [4.69, 9.17) is 10.1 Å². The number of ether oxygens (including phenoxy) is 1. The Bertz CT molecular complexity index is 1400. The Morgan fingerprint density at radius 2 is 1.95 bits per heavy atom. The average Bonchev–Trinajstić information content (AvgIpc) is 3.58. The molecule has 1 fully saturated rings. The van der Waals surface area contributed by atoms with Crippen molar-refractivity contribution in [2.24, 2.45) is 0 Å². The zero-order valence-electron chi connectivity index (χ0n) is 23.3. The van der Waals surface area contributed by atoms with E-state index >= 15 is 0 Å². The zero-order chi connectivity index (χ0) is 28.8. The van der Waals surface area contributed by atoms with E-state index < -0.39 is 11.6 Å². The largest absolute Gasteiger partial charge is 0.486 e. The molecule has 0 amide bonds. The lowest BCUT2D eigenvalue weighted by atomic mass is 10.0. The van der Waals surface area contributed by atoms with Gasteiger partial charge in [-0.15, -0.1) is 0 Å². The van der Waals surface area contributed by atoms with Crippen LogP contribution in [0.25, 0.3) is 17.3 Å². The van der Waals surface area contributed by atoms with Crippen molar-refractivity contribution in [3.05, 3.63) is 77.3 Å². The molecule has 2 N–H and O–H groups in total. The molecule has 1 unspecified atom stereocenters. The molecule has 0 aliphatic carbocycles. The highest BCUT2D eigenvalue weighted by atomic mass is 19.1. The standard InChI is InChI=1S/C30H35F2N7O/c1-37(2)18-23(19-38(3)4)40-28-14-20(7-8-21(28)16-33)26-17-35-30(36-26)12-11-29(34)39-13-5-6-27(39)24-15-22(31)9-10-25(24)32/h7-12,14-15,17,23,27,34H,5-6,13,18-19H2,1-4H3,(H,35,36)/b12-11-,34-29?. The molecule has 40 heavy (non-hydrogen) atoms. The lowest BCUT2D eigenvalue weighted by Crippen LogP contribution is -2.38. The van der Waals surface area contributed by atoms with E-state index in [1.165, 1.54) is 6.07 Å². The second-order valence-corrected chi connectivity index (χ2v) is 10.5. The molecule has 1 atom stereocenters. The number of rotatable bonds is 10. The van der Waals surface area contributed by atoms with E-state index in [1.54, 1.807) is 29.3 Å². The molecule has 0 spiro atoms. The van der Waals surface area contributed by atoms with Crippen molar-refractivity contribution in [1.29, 1.82) is 10.7 Å². The second-order valence-electron chi connectivity index (χ2n) is 10.5. The van der Waals surface area contributed by atoms with Gasteiger partial charge in [-0.05, 0) is 83.5 Å². The highest BCUT2D eigenvalue weighted by Gasteiger charge is 2.29. The molecule has 1 aliphatic rings. The maximum Gasteiger partial charge on any atom is 0.138 e. The van der Waals surface area contributed by atoms with E-state index in [-0.39, 0.29) is 23.5 Å². The van der Waals surface area contributed by atoms with Gasteiger partial charge in [-0.3, -0.25) is 5.41 Å². The maximum absolute atomic E-state index is 14.4. The fourth-order valence-electron chi connectivity index (χ4n) is 4.98. The molecule has 2 aromatic carbocycles. The number of benzene rings is 2. The molecule has 10 heteroatoms. The van der Waals surface area contributed by atoms with Crippen molar-refractivity contribution < 1.29 is 13.5 Å². The Labute approximate surface area is 234 Å². The summed E-state index contributed by atoms with van der Waals surface area (Å²) in [6.45, 7) is 1.98. The fourth-order valence-corrected chi connectivity index (χ4v) is 4.98. The van der Waals surface area contributed by atoms with Crippen LogP contribution < -0.4 is 4.74 Å². The summed E-state index contributed by atoms with van der Waals surface area (Å²) >= 11 is 0. The van der Waals surface area contributed by atoms with Gasteiger partial charge in [-0.25, -0.2) is 13.8 Å². The summed E-state index contributed by atoms with van der Waals surface area (Å²) in [6.07, 6.45) is 6.29. The van der Waals surface area contributed by atoms with Gasteiger partial charge in [0.25, 0.3) is 0 Å². The summed E-state index contributed by atoms with van der Waals surface area (Å²) in [5.41, 5.74) is 2.27. The highest BCUT2D eigenvalue weighted by molar-refractivity contribution is 5.94. The molecule has 210 valence electrons. The maximum atomic E-state index is 14.4. The third kappa shape index (κ3) is 7.11. The third-order valence-corrected chi connectivity index (χ3v) is 6.72. The van der Waals surface area contributed by atoms with Gasteiger partial charge >= 0.3 is 0 Å². The monoisotopic (exact) mass is 547 g/mol. The summed E-state index contributed by atoms with van der Waals surface area (Å²) in [7, 11) is 7.93. The first-order chi connectivity index (χ1) is 19.1. The molecule has 8 nitrogen and oxygen atoms in total. The van der Waals surface area contributed by atoms with Gasteiger partial charge in [-0.1, -0.05) is 6.07 Å². The lowest BCUT2D eigenvalue weighted by molar-refractivity contribution is 0.128. The summed E-state index contributed by atoms with van der Waals surface area (Å²) in [5.74, 6) is 0.289. The molecule has 0 saturated carbocycles. The summed E-state index contributed by atoms with van der Waals surface area (Å²) in [4.78, 5) is 13.5. The van der Waals surface area contributed by atoms with E-state index in [2.05, 4.69) is 16.0 Å². The van der Waals surface area contributed by atoms with E-state index in [9.17, 15) is 14.0 Å². The predicted molar refractivity (Wildman–Crippen MR) is 152 cm³/mol. The first-order valence-corrected chi connectivity index (χ1v) is 13.2. The minimum Gasteiger partial charge on any atom is -0.486 e. The van der Waals surface area contributed by atoms with Crippen LogP contribution in [0.3, 0.4) is 0 Å². The molecule has 0 bridgehead atoms. The van der Waals surface area contributed by atoms with E-state index in [0.29, 0.717) is 43.2 Å². The number of imidazole rings is 1. The van der Waals surface area contributed by atoms with Gasteiger partial charge in [0.05, 0.1) is 23.5 Å². The van der Waals surface area contributed by atoms with Crippen LogP contribution in [0, 0.1) is 28.4 Å². The minimum atomic E-state index is -0.490. The molecular formula is C30H35F2N7O. The van der Waals surface area contributed by atoms with Crippen LogP contribution in [0.15, 0.2) is 48.7 Å². The average molecular weight is 548 g/mol. The molecule has 1 saturated heterocycles. The quantitative estimate of drug-likeness (QED) is 0.276. The van der Waals surface area contributed by atoms with Gasteiger partial charge in [0.1, 0.15) is 41.2 Å². The van der Waals surface area contributed by atoms with Crippen LogP contribution in [-0.4, -0.2) is 84.4 Å². The van der Waals surface area contributed by atoms with Crippen LogP contribution in [0.5, 0.6) is 5.75 Å². The van der Waals surface area contributed by atoms with Crippen molar-refractivity contribution >= 4 is 11.9 Å². The Morgan fingerprint density at radius 3 is 2.65 bits per heavy atom. The predicted octanol–water partition coefficient (Wildman–Crippen LogP) is 4.92. The number of likely N-dealkylation sites (tertiary alicyclic amines) is 1. The van der Waals surface area contributed by atoms with Crippen LogP contribution in [0.4, 0.5) is 8.78 Å². The van der Waals surface area contributed by atoms with Crippen LogP contribution >= 0.6 is 0 Å². The zero-order valence-corrected chi connectivity index (χ0v) is 23.3. The number of nitrogens with one attached hydrogen (secondary N) is 2. The van der Waals surface area contributed by atoms with Gasteiger partial charge < -0.3 is 24.4 Å². The minimum absolute atomic E-state index is 0.131. The molecule has 2 heterocycles. The molecule has 0 radical (unpaired) electrons. The Balaban J connectivity index is 1.50. The summed E-state index contributed by atoms with van der Waals surface area (Å²) in [5, 5.41) is 18.2. The molecular weight excluding hydrogens is 512 g/mol. The smallest absolute Gasteiger partial charge is 0.138 e. The molecule has 4 rings (SSSR count). The SMILES string of the molecule is CN(C)CC(CN(C)C)Oc1cc(-c2cnc(/C=C\C(=N)N3CCCC3c3cc(F)ccc3F)[nH]2)ccc1C#N. The van der Waals surface area contributed by atoms with E-state index in [1.807, 2.05) is 50.1 Å². The number of halogens is 2. The fraction of sp³-hybridized carbons (Fsp3) is 0.367. The van der Waals surface area contributed by atoms with Crippen LogP contribution in [0.1, 0.15) is 35.8 Å². The number of amidine groups is 1. The van der Waals surface area contributed by atoms with Crippen molar-refractivity contribution in [3.63, 3.8) is 0 Å². The van der Waals surface area contributed by atoms with Gasteiger partial charge in [0, 0.05) is 30.8 Å². The first-order valence-electron chi connectivity index (χ1n) is 13.2. The Hall–Kier alpha value is -4.07. The number of aromatic amines is 1. The number of nitriles is 1. The normalized spacial score (nSPS) is 15.5. The highest BCUT2D eigenvalue weighted by Crippen LogP contribution is 2.34. The number of hydrogen-bond donors (Lipinski definition) is 2. The first kappa shape index (κ1) is 28.9. The van der Waals surface area contributed by atoms with Crippen molar-refractivity contribution in [1.82, 2.24) is 24.7 Å². The molecule has 3 aromatic rings. The third-order valence-electron chi connectivity index (χ3n) is 6.72. The lowest BCUT2D eigenvalue weighted by Gasteiger charge is -2.26. The number of H-pyrrole nitrogens is 1. The topological polar surface area (TPSA) is 95.3 Å². The van der Waals surface area contributed by atoms with Crippen molar-refractivity contribution in [2.45, 2.75) is 25.0 Å². The van der Waals surface area contributed by atoms with Gasteiger partial charge in [0.15, 0.2) is 0 Å². The Kier molecular flexibility index (Phi) is 9.30. The van der Waals surface area contributed by atoms with Gasteiger partial charge in [0.2, 0.25) is 0 Å². The number of hydrogen-bond acceptors (Lipinski definition) is 6. The van der Waals surface area contributed by atoms with Crippen LogP contribution in [-0.2, 0) is 0 Å².